The molecule has 0 fully saturated rings. The average molecular weight is 597 g/mol. The molecule has 3 aromatic rings. The van der Waals surface area contributed by atoms with Crippen molar-refractivity contribution in [3.8, 4) is 5.75 Å². The molecule has 0 amide bonds. The van der Waals surface area contributed by atoms with E-state index in [1.165, 1.54) is 10.4 Å². The lowest BCUT2D eigenvalue weighted by atomic mass is 9.83. The number of ether oxygens (including phenoxy) is 2. The number of carbonyl (C=O) groups excluding carboxylic acids is 1. The van der Waals surface area contributed by atoms with Crippen LogP contribution < -0.4 is 4.74 Å². The first-order valence-corrected chi connectivity index (χ1v) is 15.9. The third-order valence-electron chi connectivity index (χ3n) is 7.79. The molecule has 2 atom stereocenters. The summed E-state index contributed by atoms with van der Waals surface area (Å²) in [4.78, 5) is 15.0. The molecule has 3 aromatic carbocycles. The van der Waals surface area contributed by atoms with Gasteiger partial charge in [-0.05, 0) is 99.3 Å². The molecule has 9 heteroatoms. The van der Waals surface area contributed by atoms with Crippen LogP contribution >= 0.6 is 0 Å². The normalized spacial score (nSPS) is 17.0. The Hall–Kier alpha value is -3.27. The van der Waals surface area contributed by atoms with Gasteiger partial charge < -0.3 is 14.4 Å². The van der Waals surface area contributed by atoms with Crippen LogP contribution in [0, 0.1) is 19.7 Å². The second kappa shape index (κ2) is 13.4. The summed E-state index contributed by atoms with van der Waals surface area (Å²) in [6.07, 6.45) is 0.431. The van der Waals surface area contributed by atoms with E-state index in [0.29, 0.717) is 30.7 Å². The highest BCUT2D eigenvalue weighted by molar-refractivity contribution is 7.89. The van der Waals surface area contributed by atoms with Crippen LogP contribution in [0.4, 0.5) is 4.39 Å². The van der Waals surface area contributed by atoms with Gasteiger partial charge in [-0.25, -0.2) is 12.8 Å². The molecule has 0 saturated carbocycles. The number of rotatable bonds is 11. The quantitative estimate of drug-likeness (QED) is 0.255. The first-order chi connectivity index (χ1) is 20.0. The van der Waals surface area contributed by atoms with Crippen molar-refractivity contribution in [2.45, 2.75) is 70.5 Å². The van der Waals surface area contributed by atoms with Gasteiger partial charge in [-0.1, -0.05) is 43.3 Å². The summed E-state index contributed by atoms with van der Waals surface area (Å²) in [5, 5.41) is 0. The van der Waals surface area contributed by atoms with Crippen LogP contribution in [0.3, 0.4) is 0 Å². The maximum Gasteiger partial charge on any atom is 0.306 e. The van der Waals surface area contributed by atoms with E-state index in [2.05, 4.69) is 0 Å². The number of para-hydroxylation sites is 1. The molecule has 0 N–H and O–H groups in total. The summed E-state index contributed by atoms with van der Waals surface area (Å²) >= 11 is 0. The third-order valence-corrected chi connectivity index (χ3v) is 9.66. The first-order valence-electron chi connectivity index (χ1n) is 14.4. The fraction of sp³-hybridized carbons (Fsp3) is 0.424. The summed E-state index contributed by atoms with van der Waals surface area (Å²) in [5.41, 5.74) is 4.74. The number of fused-ring (bicyclic) bond motifs is 1. The molecular weight excluding hydrogens is 555 g/mol. The maximum absolute atomic E-state index is 15.0. The Balaban J connectivity index is 1.77. The number of halogens is 1. The van der Waals surface area contributed by atoms with E-state index in [1.807, 2.05) is 64.0 Å². The number of hydrogen-bond donors (Lipinski definition) is 0. The second-order valence-electron chi connectivity index (χ2n) is 11.1. The number of benzene rings is 3. The Bertz CT molecular complexity index is 1540. The number of aryl methyl sites for hydroxylation is 2. The van der Waals surface area contributed by atoms with E-state index >= 15 is 0 Å². The molecule has 4 rings (SSSR count). The van der Waals surface area contributed by atoms with Crippen LogP contribution in [0.5, 0.6) is 5.75 Å². The topological polar surface area (TPSA) is 76.1 Å². The number of likely N-dealkylation sites (N-methyl/N-ethyl adjacent to an activating group) is 1. The van der Waals surface area contributed by atoms with Gasteiger partial charge in [0.05, 0.1) is 13.0 Å². The van der Waals surface area contributed by atoms with Crippen LogP contribution in [-0.2, 0) is 32.5 Å². The standard InChI is InChI=1S/C33H41FN2O5S/c1-7-32-36(42(38,39)31-12-10-9-11-30(31)41-32)21-26-18-24(14-13-22(26)3)28(20-33(37)40-8-2)27-19-25(15-16-35(5)6)29(34)17-23(27)4/h9-14,17-19,28,32H,7-8,15-16,20-21H2,1-6H3. The highest BCUT2D eigenvalue weighted by atomic mass is 32.2. The molecule has 0 bridgehead atoms. The Morgan fingerprint density at radius 3 is 2.48 bits per heavy atom. The van der Waals surface area contributed by atoms with E-state index < -0.39 is 22.2 Å². The smallest absolute Gasteiger partial charge is 0.306 e. The zero-order valence-electron chi connectivity index (χ0n) is 25.3. The number of esters is 1. The van der Waals surface area contributed by atoms with Crippen molar-refractivity contribution in [1.82, 2.24) is 9.21 Å². The molecule has 1 heterocycles. The monoisotopic (exact) mass is 596 g/mol. The van der Waals surface area contributed by atoms with Gasteiger partial charge in [0.25, 0.3) is 0 Å². The van der Waals surface area contributed by atoms with Gasteiger partial charge in [0.2, 0.25) is 10.0 Å². The lowest BCUT2D eigenvalue weighted by Crippen LogP contribution is -2.46. The van der Waals surface area contributed by atoms with Gasteiger partial charge in [0.1, 0.15) is 16.5 Å². The molecule has 0 aromatic heterocycles. The van der Waals surface area contributed by atoms with Crippen LogP contribution in [0.2, 0.25) is 0 Å². The van der Waals surface area contributed by atoms with E-state index in [0.717, 1.165) is 27.8 Å². The second-order valence-corrected chi connectivity index (χ2v) is 12.9. The highest BCUT2D eigenvalue weighted by Gasteiger charge is 2.39. The van der Waals surface area contributed by atoms with Crippen molar-refractivity contribution in [3.63, 3.8) is 0 Å². The Morgan fingerprint density at radius 2 is 1.79 bits per heavy atom. The minimum atomic E-state index is -3.81. The zero-order chi connectivity index (χ0) is 30.6. The summed E-state index contributed by atoms with van der Waals surface area (Å²) in [5.74, 6) is -0.659. The van der Waals surface area contributed by atoms with Crippen LogP contribution in [0.15, 0.2) is 59.5 Å². The molecule has 42 heavy (non-hydrogen) atoms. The van der Waals surface area contributed by atoms with Gasteiger partial charge in [0.15, 0.2) is 6.23 Å². The molecule has 1 aliphatic rings. The Kier molecular flexibility index (Phi) is 10.1. The van der Waals surface area contributed by atoms with Gasteiger partial charge in [0, 0.05) is 19.0 Å². The van der Waals surface area contributed by atoms with E-state index in [1.54, 1.807) is 31.2 Å². The van der Waals surface area contributed by atoms with E-state index in [4.69, 9.17) is 9.47 Å². The van der Waals surface area contributed by atoms with Crippen molar-refractivity contribution < 1.29 is 27.1 Å². The minimum absolute atomic E-state index is 0.0754. The fourth-order valence-electron chi connectivity index (χ4n) is 5.41. The number of hydrogen-bond acceptors (Lipinski definition) is 6. The van der Waals surface area contributed by atoms with Gasteiger partial charge in [-0.3, -0.25) is 4.79 Å². The lowest BCUT2D eigenvalue weighted by molar-refractivity contribution is -0.143. The predicted octanol–water partition coefficient (Wildman–Crippen LogP) is 5.95. The Morgan fingerprint density at radius 1 is 1.05 bits per heavy atom. The van der Waals surface area contributed by atoms with Crippen molar-refractivity contribution in [2.75, 3.05) is 27.2 Å². The van der Waals surface area contributed by atoms with Gasteiger partial charge >= 0.3 is 5.97 Å². The van der Waals surface area contributed by atoms with E-state index in [9.17, 15) is 17.6 Å². The number of carbonyl (C=O) groups is 1. The summed E-state index contributed by atoms with van der Waals surface area (Å²) < 4.78 is 55.2. The molecule has 226 valence electrons. The zero-order valence-corrected chi connectivity index (χ0v) is 26.1. The van der Waals surface area contributed by atoms with Gasteiger partial charge in [-0.15, -0.1) is 0 Å². The molecular formula is C33H41FN2O5S. The summed E-state index contributed by atoms with van der Waals surface area (Å²) in [6, 6.07) is 16.0. The highest BCUT2D eigenvalue weighted by Crippen LogP contribution is 2.38. The lowest BCUT2D eigenvalue weighted by Gasteiger charge is -2.36. The van der Waals surface area contributed by atoms with Crippen LogP contribution in [0.25, 0.3) is 0 Å². The third kappa shape index (κ3) is 6.85. The minimum Gasteiger partial charge on any atom is -0.473 e. The molecule has 7 nitrogen and oxygen atoms in total. The number of sulfonamides is 1. The van der Waals surface area contributed by atoms with Crippen molar-refractivity contribution in [3.05, 3.63) is 93.8 Å². The SMILES string of the molecule is CCOC(=O)CC(c1ccc(C)c(CN2C(CC)Oc3ccccc3S2(=O)=O)c1)c1cc(CCN(C)C)c(F)cc1C. The molecule has 0 saturated heterocycles. The number of nitrogens with zero attached hydrogens (tertiary/aromatic N) is 2. The molecule has 1 aliphatic heterocycles. The van der Waals surface area contributed by atoms with E-state index in [-0.39, 0.29) is 36.3 Å². The molecule has 0 aliphatic carbocycles. The average Bonchev–Trinajstić information content (AvgIpc) is 2.94. The van der Waals surface area contributed by atoms with Gasteiger partial charge in [-0.2, -0.15) is 4.31 Å². The van der Waals surface area contributed by atoms with Crippen LogP contribution in [0.1, 0.15) is 66.0 Å². The largest absolute Gasteiger partial charge is 0.473 e. The fourth-order valence-corrected chi connectivity index (χ4v) is 7.09. The molecule has 0 radical (unpaired) electrons. The van der Waals surface area contributed by atoms with Crippen molar-refractivity contribution >= 4 is 16.0 Å². The molecule has 0 spiro atoms. The maximum atomic E-state index is 15.0. The van der Waals surface area contributed by atoms with Crippen LogP contribution in [-0.4, -0.2) is 57.1 Å². The van der Waals surface area contributed by atoms with Crippen molar-refractivity contribution in [2.24, 2.45) is 0 Å². The van der Waals surface area contributed by atoms with Crippen molar-refractivity contribution in [1.29, 1.82) is 0 Å². The Labute approximate surface area is 249 Å². The summed E-state index contributed by atoms with van der Waals surface area (Å²) in [7, 11) is 0.0756. The summed E-state index contributed by atoms with van der Waals surface area (Å²) in [6.45, 7) is 8.50. The predicted molar refractivity (Wildman–Crippen MR) is 162 cm³/mol. The first kappa shape index (κ1) is 31.7. The molecule has 2 unspecified atom stereocenters.